The predicted molar refractivity (Wildman–Crippen MR) is 104 cm³/mol. The van der Waals surface area contributed by atoms with Crippen LogP contribution in [0, 0.1) is 10.1 Å². The number of non-ortho nitro benzene ring substituents is 1. The van der Waals surface area contributed by atoms with Gasteiger partial charge in [-0.3, -0.25) is 19.7 Å². The lowest BCUT2D eigenvalue weighted by atomic mass is 10.1. The van der Waals surface area contributed by atoms with Crippen molar-refractivity contribution in [3.8, 4) is 16.9 Å². The van der Waals surface area contributed by atoms with E-state index in [0.717, 1.165) is 5.69 Å². The first-order valence-electron chi connectivity index (χ1n) is 8.73. The molecule has 9 nitrogen and oxygen atoms in total. The topological polar surface area (TPSA) is 116 Å². The highest BCUT2D eigenvalue weighted by Crippen LogP contribution is 2.26. The second-order valence-electron chi connectivity index (χ2n) is 6.10. The number of ether oxygens (including phenoxy) is 1. The average Bonchev–Trinajstić information content (AvgIpc) is 3.16. The number of nitro benzene ring substituents is 1. The SMILES string of the molecule is CNC(=O)COC(=O)Cc1cn(-c2ccccc2)nc1-c1ccc([N+](=O)[O-])cc1. The fourth-order valence-electron chi connectivity index (χ4n) is 2.66. The van der Waals surface area contributed by atoms with Crippen LogP contribution in [0.2, 0.25) is 0 Å². The Hall–Kier alpha value is -4.01. The fraction of sp³-hybridized carbons (Fsp3) is 0.150. The lowest BCUT2D eigenvalue weighted by Gasteiger charge is -2.04. The first-order valence-corrected chi connectivity index (χ1v) is 8.73. The molecule has 0 aliphatic heterocycles. The van der Waals surface area contributed by atoms with Crippen LogP contribution >= 0.6 is 0 Å². The van der Waals surface area contributed by atoms with Crippen molar-refractivity contribution >= 4 is 17.6 Å². The first kappa shape index (κ1) is 19.7. The molecule has 0 atom stereocenters. The van der Waals surface area contributed by atoms with E-state index in [9.17, 15) is 19.7 Å². The number of esters is 1. The van der Waals surface area contributed by atoms with Crippen LogP contribution in [0.15, 0.2) is 60.8 Å². The number of amides is 1. The van der Waals surface area contributed by atoms with Crippen LogP contribution in [0.25, 0.3) is 16.9 Å². The number of para-hydroxylation sites is 1. The van der Waals surface area contributed by atoms with Gasteiger partial charge in [-0.15, -0.1) is 0 Å². The number of hydrogen-bond donors (Lipinski definition) is 1. The van der Waals surface area contributed by atoms with E-state index in [1.165, 1.54) is 19.2 Å². The molecule has 0 radical (unpaired) electrons. The van der Waals surface area contributed by atoms with Gasteiger partial charge in [0.2, 0.25) is 0 Å². The molecule has 1 aromatic heterocycles. The molecule has 1 N–H and O–H groups in total. The number of aromatic nitrogens is 2. The molecule has 1 amide bonds. The molecule has 0 fully saturated rings. The standard InChI is InChI=1S/C20H18N4O5/c1-21-18(25)13-29-19(26)11-15-12-23(16-5-3-2-4-6-16)22-20(15)14-7-9-17(10-8-14)24(27)28/h2-10,12H,11,13H2,1H3,(H,21,25). The van der Waals surface area contributed by atoms with Gasteiger partial charge in [-0.25, -0.2) is 4.68 Å². The van der Waals surface area contributed by atoms with E-state index >= 15 is 0 Å². The second-order valence-corrected chi connectivity index (χ2v) is 6.10. The van der Waals surface area contributed by atoms with Crippen LogP contribution in [0.1, 0.15) is 5.56 Å². The molecule has 0 spiro atoms. The lowest BCUT2D eigenvalue weighted by molar-refractivity contribution is -0.384. The minimum Gasteiger partial charge on any atom is -0.455 e. The second kappa shape index (κ2) is 8.79. The van der Waals surface area contributed by atoms with Crippen molar-refractivity contribution in [2.75, 3.05) is 13.7 Å². The molecule has 0 aliphatic carbocycles. The van der Waals surface area contributed by atoms with E-state index in [2.05, 4.69) is 10.4 Å². The summed E-state index contributed by atoms with van der Waals surface area (Å²) in [4.78, 5) is 33.9. The van der Waals surface area contributed by atoms with E-state index in [0.29, 0.717) is 16.8 Å². The van der Waals surface area contributed by atoms with E-state index in [1.54, 1.807) is 23.0 Å². The molecule has 2 aromatic carbocycles. The largest absolute Gasteiger partial charge is 0.455 e. The zero-order valence-corrected chi connectivity index (χ0v) is 15.6. The summed E-state index contributed by atoms with van der Waals surface area (Å²) in [7, 11) is 1.45. The first-order chi connectivity index (χ1) is 14.0. The van der Waals surface area contributed by atoms with Gasteiger partial charge in [0, 0.05) is 36.5 Å². The fourth-order valence-corrected chi connectivity index (χ4v) is 2.66. The summed E-state index contributed by atoms with van der Waals surface area (Å²) < 4.78 is 6.60. The van der Waals surface area contributed by atoms with Crippen molar-refractivity contribution < 1.29 is 19.2 Å². The number of rotatable bonds is 7. The van der Waals surface area contributed by atoms with Crippen LogP contribution in [0.4, 0.5) is 5.69 Å². The number of nitrogens with one attached hydrogen (secondary N) is 1. The summed E-state index contributed by atoms with van der Waals surface area (Å²) in [6.45, 7) is -0.366. The Labute approximate surface area is 166 Å². The molecule has 0 saturated heterocycles. The maximum absolute atomic E-state index is 12.2. The maximum Gasteiger partial charge on any atom is 0.310 e. The van der Waals surface area contributed by atoms with E-state index in [-0.39, 0.29) is 18.7 Å². The quantitative estimate of drug-likeness (QED) is 0.373. The third kappa shape index (κ3) is 4.83. The molecule has 148 valence electrons. The lowest BCUT2D eigenvalue weighted by Crippen LogP contribution is -2.25. The number of nitrogens with zero attached hydrogens (tertiary/aromatic N) is 3. The monoisotopic (exact) mass is 394 g/mol. The number of carbonyl (C=O) groups is 2. The smallest absolute Gasteiger partial charge is 0.310 e. The normalized spacial score (nSPS) is 10.4. The number of nitro groups is 1. The van der Waals surface area contributed by atoms with Crippen molar-refractivity contribution in [1.82, 2.24) is 15.1 Å². The zero-order chi connectivity index (χ0) is 20.8. The Morgan fingerprint density at radius 3 is 2.45 bits per heavy atom. The van der Waals surface area contributed by atoms with Gasteiger partial charge in [-0.05, 0) is 24.3 Å². The molecule has 0 unspecified atom stereocenters. The summed E-state index contributed by atoms with van der Waals surface area (Å²) in [5, 5.41) is 17.8. The number of likely N-dealkylation sites (N-methyl/N-ethyl adjacent to an activating group) is 1. The van der Waals surface area contributed by atoms with Gasteiger partial charge in [0.1, 0.15) is 0 Å². The molecular formula is C20H18N4O5. The predicted octanol–water partition coefficient (Wildman–Crippen LogP) is 2.28. The van der Waals surface area contributed by atoms with Crippen molar-refractivity contribution in [1.29, 1.82) is 0 Å². The molecule has 0 bridgehead atoms. The van der Waals surface area contributed by atoms with Crippen molar-refractivity contribution in [2.24, 2.45) is 0 Å². The number of carbonyl (C=O) groups excluding carboxylic acids is 2. The molecule has 0 aliphatic rings. The maximum atomic E-state index is 12.2. The molecule has 3 aromatic rings. The number of benzene rings is 2. The number of hydrogen-bond acceptors (Lipinski definition) is 6. The average molecular weight is 394 g/mol. The van der Waals surface area contributed by atoms with Gasteiger partial charge < -0.3 is 10.1 Å². The molecule has 3 rings (SSSR count). The molecular weight excluding hydrogens is 376 g/mol. The van der Waals surface area contributed by atoms with Gasteiger partial charge in [0.05, 0.1) is 22.7 Å². The highest BCUT2D eigenvalue weighted by molar-refractivity contribution is 5.82. The van der Waals surface area contributed by atoms with Gasteiger partial charge in [-0.1, -0.05) is 18.2 Å². The molecule has 0 saturated carbocycles. The van der Waals surface area contributed by atoms with E-state index in [4.69, 9.17) is 4.74 Å². The third-order valence-electron chi connectivity index (χ3n) is 4.14. The van der Waals surface area contributed by atoms with Gasteiger partial charge in [0.25, 0.3) is 11.6 Å². The Morgan fingerprint density at radius 2 is 1.83 bits per heavy atom. The minimum absolute atomic E-state index is 0.0391. The molecule has 29 heavy (non-hydrogen) atoms. The van der Waals surface area contributed by atoms with Crippen LogP contribution < -0.4 is 5.32 Å². The Bertz CT molecular complexity index is 1030. The molecule has 1 heterocycles. The van der Waals surface area contributed by atoms with Crippen LogP contribution in [0.3, 0.4) is 0 Å². The summed E-state index contributed by atoms with van der Waals surface area (Å²) in [6.07, 6.45) is 1.60. The van der Waals surface area contributed by atoms with Gasteiger partial charge in [0.15, 0.2) is 6.61 Å². The van der Waals surface area contributed by atoms with Gasteiger partial charge >= 0.3 is 5.97 Å². The summed E-state index contributed by atoms with van der Waals surface area (Å²) in [5.74, 6) is -0.988. The summed E-state index contributed by atoms with van der Waals surface area (Å²) >= 11 is 0. The van der Waals surface area contributed by atoms with Crippen molar-refractivity contribution in [3.05, 3.63) is 76.5 Å². The van der Waals surface area contributed by atoms with Crippen LogP contribution in [-0.4, -0.2) is 40.2 Å². The highest BCUT2D eigenvalue weighted by Gasteiger charge is 2.18. The Morgan fingerprint density at radius 1 is 1.14 bits per heavy atom. The van der Waals surface area contributed by atoms with Gasteiger partial charge in [-0.2, -0.15) is 5.10 Å². The van der Waals surface area contributed by atoms with Crippen molar-refractivity contribution in [2.45, 2.75) is 6.42 Å². The van der Waals surface area contributed by atoms with Crippen molar-refractivity contribution in [3.63, 3.8) is 0 Å². The Kier molecular flexibility index (Phi) is 5.98. The summed E-state index contributed by atoms with van der Waals surface area (Å²) in [6, 6.07) is 15.2. The van der Waals surface area contributed by atoms with E-state index < -0.39 is 16.8 Å². The van der Waals surface area contributed by atoms with E-state index in [1.807, 2.05) is 30.3 Å². The minimum atomic E-state index is -0.579. The molecule has 9 heteroatoms. The van der Waals surface area contributed by atoms with Crippen LogP contribution in [-0.2, 0) is 20.7 Å². The Balaban J connectivity index is 1.92. The third-order valence-corrected chi connectivity index (χ3v) is 4.14. The summed E-state index contributed by atoms with van der Waals surface area (Å²) in [5.41, 5.74) is 2.45. The van der Waals surface area contributed by atoms with Crippen LogP contribution in [0.5, 0.6) is 0 Å². The highest BCUT2D eigenvalue weighted by atomic mass is 16.6. The zero-order valence-electron chi connectivity index (χ0n) is 15.6.